The molecular weight excluding hydrogens is 565 g/mol. The second kappa shape index (κ2) is 10.7. The molecule has 0 bridgehead atoms. The molecule has 0 saturated carbocycles. The Kier molecular flexibility index (Phi) is 7.15. The summed E-state index contributed by atoms with van der Waals surface area (Å²) in [4.78, 5) is 40.7. The van der Waals surface area contributed by atoms with Crippen LogP contribution in [0.4, 0.5) is 19.0 Å². The zero-order valence-corrected chi connectivity index (χ0v) is 23.3. The van der Waals surface area contributed by atoms with Gasteiger partial charge in [-0.1, -0.05) is 0 Å². The van der Waals surface area contributed by atoms with Gasteiger partial charge in [-0.15, -0.1) is 4.59 Å². The molecule has 1 aromatic heterocycles. The number of ether oxygens (including phenoxy) is 1. The minimum atomic E-state index is -4.56. The van der Waals surface area contributed by atoms with Crippen LogP contribution in [0.25, 0.3) is 0 Å². The quantitative estimate of drug-likeness (QED) is 0.347. The number of aromatic nitrogens is 1. The van der Waals surface area contributed by atoms with Crippen molar-refractivity contribution in [3.8, 4) is 0 Å². The number of fused-ring (bicyclic) bond motifs is 1. The molecule has 4 aliphatic heterocycles. The Bertz CT molecular complexity index is 1580. The number of benzene rings is 1. The summed E-state index contributed by atoms with van der Waals surface area (Å²) in [5.41, 5.74) is 0.116. The number of hydrogen-bond acceptors (Lipinski definition) is 8. The van der Waals surface area contributed by atoms with Gasteiger partial charge in [-0.3, -0.25) is 14.6 Å². The molecule has 0 radical (unpaired) electrons. The summed E-state index contributed by atoms with van der Waals surface area (Å²) in [6.07, 6.45) is 3.10. The number of likely N-dealkylation sites (tertiary alicyclic amines) is 1. The standard InChI is InChI=1S/C29H29F3N8O3/c1-28(16-43-17-28)27(42)36-21-3-2-11-39(15-21)24-22-14-34-10-12-40(22,33)25(38-24)18-4-6-19(7-5-18)26(41)37-23-13-20(8-9-35-23)29(30,31)32/h4-10,12-14,21H,2-3,11,15-17,33H2,1H3,(H-,35,36,37,41,42)/p+1. The lowest BCUT2D eigenvalue weighted by atomic mass is 9.87. The van der Waals surface area contributed by atoms with Crippen LogP contribution in [0.15, 0.2) is 76.5 Å². The third-order valence-electron chi connectivity index (χ3n) is 7.95. The zero-order chi connectivity index (χ0) is 30.4. The topological polar surface area (TPSA) is 134 Å². The van der Waals surface area contributed by atoms with Crippen molar-refractivity contribution in [3.05, 3.63) is 83.2 Å². The number of nitrogens with zero attached hydrogens (tertiary/aromatic N) is 5. The molecule has 4 aliphatic rings. The first-order valence-electron chi connectivity index (χ1n) is 13.8. The predicted molar refractivity (Wildman–Crippen MR) is 151 cm³/mol. The highest BCUT2D eigenvalue weighted by molar-refractivity contribution is 6.05. The fourth-order valence-electron chi connectivity index (χ4n) is 5.41. The van der Waals surface area contributed by atoms with Crippen LogP contribution in [0, 0.1) is 5.41 Å². The Hall–Kier alpha value is -4.40. The SMILES string of the molecule is CC1(C(=O)NC2CCCN(C3=C4C=NC=C[N+]4(N)C(c4ccc(C(=O)Nc5cc(C(F)(F)F)ccn5)cc4)=N3)C2)COC1. The Balaban J connectivity index is 1.20. The molecule has 2 saturated heterocycles. The number of quaternary nitrogens is 1. The van der Waals surface area contributed by atoms with Gasteiger partial charge in [0.15, 0.2) is 0 Å². The molecule has 0 aliphatic carbocycles. The molecule has 1 aromatic carbocycles. The lowest BCUT2D eigenvalue weighted by Gasteiger charge is -2.39. The summed E-state index contributed by atoms with van der Waals surface area (Å²) in [7, 11) is 0. The minimum absolute atomic E-state index is 0.0158. The largest absolute Gasteiger partial charge is 0.416 e. The molecule has 5 heterocycles. The zero-order valence-electron chi connectivity index (χ0n) is 23.3. The van der Waals surface area contributed by atoms with Gasteiger partial charge < -0.3 is 20.3 Å². The number of nitrogens with one attached hydrogen (secondary N) is 2. The predicted octanol–water partition coefficient (Wildman–Crippen LogP) is 3.15. The van der Waals surface area contributed by atoms with Gasteiger partial charge in [0, 0.05) is 30.9 Å². The Morgan fingerprint density at radius 3 is 2.65 bits per heavy atom. The molecule has 2 atom stereocenters. The second-order valence-corrected chi connectivity index (χ2v) is 11.3. The molecular formula is C29H30F3N8O3+. The summed E-state index contributed by atoms with van der Waals surface area (Å²) in [5, 5.41) is 5.58. The van der Waals surface area contributed by atoms with E-state index in [0.29, 0.717) is 42.7 Å². The number of amides is 2. The molecule has 2 amide bonds. The average molecular weight is 596 g/mol. The summed E-state index contributed by atoms with van der Waals surface area (Å²) in [5.74, 6) is 7.18. The van der Waals surface area contributed by atoms with Crippen LogP contribution in [-0.2, 0) is 15.7 Å². The third kappa shape index (κ3) is 5.44. The maximum Gasteiger partial charge on any atom is 0.416 e. The lowest BCUT2D eigenvalue weighted by Crippen LogP contribution is -2.57. The van der Waals surface area contributed by atoms with Gasteiger partial charge in [-0.05, 0) is 56.2 Å². The van der Waals surface area contributed by atoms with Gasteiger partial charge in [0.1, 0.15) is 12.0 Å². The third-order valence-corrected chi connectivity index (χ3v) is 7.95. The van der Waals surface area contributed by atoms with Gasteiger partial charge in [-0.2, -0.15) is 24.0 Å². The fourth-order valence-corrected chi connectivity index (χ4v) is 5.41. The van der Waals surface area contributed by atoms with Gasteiger partial charge in [0.2, 0.25) is 17.4 Å². The number of carbonyl (C=O) groups excluding carboxylic acids is 2. The number of anilines is 1. The Morgan fingerprint density at radius 1 is 1.19 bits per heavy atom. The minimum Gasteiger partial charge on any atom is -0.379 e. The van der Waals surface area contributed by atoms with Crippen LogP contribution in [0.5, 0.6) is 0 Å². The first kappa shape index (κ1) is 28.7. The average Bonchev–Trinajstić information content (AvgIpc) is 3.28. The van der Waals surface area contributed by atoms with E-state index in [-0.39, 0.29) is 27.9 Å². The number of carbonyl (C=O) groups is 2. The van der Waals surface area contributed by atoms with Crippen LogP contribution in [0.1, 0.15) is 41.3 Å². The van der Waals surface area contributed by atoms with Gasteiger partial charge in [0.25, 0.3) is 11.7 Å². The van der Waals surface area contributed by atoms with Crippen molar-refractivity contribution in [1.29, 1.82) is 0 Å². The van der Waals surface area contributed by atoms with Crippen molar-refractivity contribution >= 4 is 29.7 Å². The molecule has 0 spiro atoms. The number of rotatable bonds is 6. The number of halogens is 3. The molecule has 11 nitrogen and oxygen atoms in total. The highest BCUT2D eigenvalue weighted by atomic mass is 19.4. The molecule has 14 heteroatoms. The summed E-state index contributed by atoms with van der Waals surface area (Å²) < 4.78 is 44.1. The van der Waals surface area contributed by atoms with Crippen LogP contribution in [0.2, 0.25) is 0 Å². The van der Waals surface area contributed by atoms with Crippen LogP contribution < -0.4 is 16.5 Å². The number of aliphatic imine (C=N–C) groups is 2. The summed E-state index contributed by atoms with van der Waals surface area (Å²) in [6, 6.07) is 8.00. The van der Waals surface area contributed by atoms with E-state index >= 15 is 0 Å². The molecule has 2 unspecified atom stereocenters. The number of hydrogen-bond donors (Lipinski definition) is 3. The Labute approximate surface area is 245 Å². The van der Waals surface area contributed by atoms with Crippen molar-refractivity contribution in [3.63, 3.8) is 0 Å². The van der Waals surface area contributed by atoms with E-state index in [4.69, 9.17) is 15.6 Å². The van der Waals surface area contributed by atoms with Crippen molar-refractivity contribution < 1.29 is 32.1 Å². The number of allylic oxidation sites excluding steroid dienone is 1. The number of nitrogens with two attached hydrogens (primary N) is 1. The molecule has 4 N–H and O–H groups in total. The maximum atomic E-state index is 13.0. The fraction of sp³-hybridized carbons (Fsp3) is 0.345. The first-order chi connectivity index (χ1) is 20.5. The molecule has 224 valence electrons. The smallest absolute Gasteiger partial charge is 0.379 e. The van der Waals surface area contributed by atoms with Crippen LogP contribution in [-0.4, -0.2) is 70.7 Å². The van der Waals surface area contributed by atoms with Crippen molar-refractivity contribution in [2.45, 2.75) is 32.0 Å². The van der Waals surface area contributed by atoms with E-state index in [1.165, 1.54) is 0 Å². The van der Waals surface area contributed by atoms with Crippen molar-refractivity contribution in [1.82, 2.24) is 15.2 Å². The first-order valence-corrected chi connectivity index (χ1v) is 13.8. The molecule has 2 aromatic rings. The van der Waals surface area contributed by atoms with Crippen LogP contribution in [0.3, 0.4) is 0 Å². The van der Waals surface area contributed by atoms with Gasteiger partial charge in [0.05, 0.1) is 42.2 Å². The van der Waals surface area contributed by atoms with Crippen molar-refractivity contribution in [2.75, 3.05) is 31.6 Å². The molecule has 2 fully saturated rings. The lowest BCUT2D eigenvalue weighted by molar-refractivity contribution is -0.750. The van der Waals surface area contributed by atoms with E-state index < -0.39 is 23.1 Å². The normalized spacial score (nSPS) is 24.3. The monoisotopic (exact) mass is 595 g/mol. The second-order valence-electron chi connectivity index (χ2n) is 11.3. The molecule has 6 rings (SSSR count). The van der Waals surface area contributed by atoms with E-state index in [1.54, 1.807) is 42.9 Å². The van der Waals surface area contributed by atoms with Crippen molar-refractivity contribution in [2.24, 2.45) is 21.2 Å². The van der Waals surface area contributed by atoms with E-state index in [9.17, 15) is 22.8 Å². The van der Waals surface area contributed by atoms with E-state index in [0.717, 1.165) is 37.7 Å². The number of piperidine rings is 1. The number of alkyl halides is 3. The van der Waals surface area contributed by atoms with E-state index in [1.807, 2.05) is 6.92 Å². The highest BCUT2D eigenvalue weighted by Crippen LogP contribution is 2.35. The summed E-state index contributed by atoms with van der Waals surface area (Å²) in [6.45, 7) is 4.00. The number of amidine groups is 1. The van der Waals surface area contributed by atoms with E-state index in [2.05, 4.69) is 25.5 Å². The number of pyridine rings is 1. The summed E-state index contributed by atoms with van der Waals surface area (Å²) >= 11 is 0. The maximum absolute atomic E-state index is 13.0. The highest BCUT2D eigenvalue weighted by Gasteiger charge is 2.47. The van der Waals surface area contributed by atoms with Gasteiger partial charge >= 0.3 is 6.18 Å². The van der Waals surface area contributed by atoms with Crippen LogP contribution >= 0.6 is 0 Å². The Morgan fingerprint density at radius 2 is 1.95 bits per heavy atom. The van der Waals surface area contributed by atoms with Gasteiger partial charge in [-0.25, -0.2) is 4.98 Å². The molecule has 43 heavy (non-hydrogen) atoms.